The fourth-order valence-electron chi connectivity index (χ4n) is 3.71. The van der Waals surface area contributed by atoms with Crippen LogP contribution in [0.5, 0.6) is 0 Å². The molecule has 4 aromatic rings. The molecule has 6 nitrogen and oxygen atoms in total. The normalized spacial score (nSPS) is 14.6. The largest absolute Gasteiger partial charge is 0.297 e. The Hall–Kier alpha value is -2.26. The monoisotopic (exact) mass is 457 g/mol. The lowest BCUT2D eigenvalue weighted by Crippen LogP contribution is -2.18. The highest BCUT2D eigenvalue weighted by atomic mass is 35.5. The van der Waals surface area contributed by atoms with Gasteiger partial charge in [-0.3, -0.25) is 15.0 Å². The minimum Gasteiger partial charge on any atom is -0.297 e. The fourth-order valence-corrected chi connectivity index (χ4v) is 5.69. The quantitative estimate of drug-likeness (QED) is 0.438. The predicted octanol–water partition coefficient (Wildman–Crippen LogP) is 5.35. The molecule has 4 heterocycles. The maximum Gasteiger partial charge on any atom is 0.267 e. The number of hydrogen-bond acceptors (Lipinski definition) is 6. The second-order valence-corrected chi connectivity index (χ2v) is 9.66. The second-order valence-electron chi connectivity index (χ2n) is 7.36. The van der Waals surface area contributed by atoms with Gasteiger partial charge in [-0.1, -0.05) is 23.7 Å². The van der Waals surface area contributed by atoms with Gasteiger partial charge in [0.1, 0.15) is 4.83 Å². The number of carbonyl (C=O) groups is 1. The highest BCUT2D eigenvalue weighted by Crippen LogP contribution is 2.33. The summed E-state index contributed by atoms with van der Waals surface area (Å²) >= 11 is 9.24. The van der Waals surface area contributed by atoms with Crippen molar-refractivity contribution in [3.8, 4) is 5.69 Å². The molecule has 30 heavy (non-hydrogen) atoms. The first-order valence-corrected chi connectivity index (χ1v) is 11.9. The van der Waals surface area contributed by atoms with Gasteiger partial charge in [0, 0.05) is 17.3 Å². The van der Waals surface area contributed by atoms with E-state index in [0.717, 1.165) is 46.9 Å². The van der Waals surface area contributed by atoms with Gasteiger partial charge in [0.25, 0.3) is 5.91 Å². The van der Waals surface area contributed by atoms with Crippen LogP contribution in [0.25, 0.3) is 15.9 Å². The van der Waals surface area contributed by atoms with E-state index in [1.54, 1.807) is 0 Å². The van der Waals surface area contributed by atoms with Gasteiger partial charge in [-0.15, -0.1) is 22.7 Å². The third-order valence-electron chi connectivity index (χ3n) is 5.21. The summed E-state index contributed by atoms with van der Waals surface area (Å²) in [5.41, 5.74) is 2.68. The van der Waals surface area contributed by atoms with Gasteiger partial charge in [0.15, 0.2) is 5.13 Å². The van der Waals surface area contributed by atoms with Crippen LogP contribution in [-0.2, 0) is 6.54 Å². The molecule has 1 fully saturated rings. The molecule has 5 rings (SSSR count). The summed E-state index contributed by atoms with van der Waals surface area (Å²) in [4.78, 5) is 21.4. The van der Waals surface area contributed by atoms with Gasteiger partial charge in [0.2, 0.25) is 0 Å². The van der Waals surface area contributed by atoms with Crippen molar-refractivity contribution in [2.75, 3.05) is 18.4 Å². The molecule has 1 saturated heterocycles. The van der Waals surface area contributed by atoms with Gasteiger partial charge >= 0.3 is 0 Å². The zero-order chi connectivity index (χ0) is 20.7. The van der Waals surface area contributed by atoms with Gasteiger partial charge in [-0.2, -0.15) is 5.10 Å². The lowest BCUT2D eigenvalue weighted by atomic mass is 10.3. The number of thiophene rings is 1. The number of aryl methyl sites for hydroxylation is 1. The third-order valence-corrected chi connectivity index (χ3v) is 7.44. The molecule has 0 radical (unpaired) electrons. The summed E-state index contributed by atoms with van der Waals surface area (Å²) in [7, 11) is 0. The molecule has 1 N–H and O–H groups in total. The molecular formula is C21H20ClN5OS2. The summed E-state index contributed by atoms with van der Waals surface area (Å²) in [6, 6.07) is 9.46. The Labute approximate surface area is 187 Å². The van der Waals surface area contributed by atoms with Crippen LogP contribution in [0.4, 0.5) is 5.13 Å². The average molecular weight is 458 g/mol. The van der Waals surface area contributed by atoms with Crippen molar-refractivity contribution >= 4 is 55.5 Å². The summed E-state index contributed by atoms with van der Waals surface area (Å²) in [6.07, 6.45) is 2.51. The van der Waals surface area contributed by atoms with Crippen LogP contribution in [-0.4, -0.2) is 38.7 Å². The molecule has 0 unspecified atom stereocenters. The summed E-state index contributed by atoms with van der Waals surface area (Å²) in [6.45, 7) is 5.04. The van der Waals surface area contributed by atoms with Gasteiger partial charge in [0.05, 0.1) is 27.0 Å². The standard InChI is InChI=1S/C21H20ClN5OS2/c1-13-15-10-18(30-20(15)27(25-13)17-7-3-2-6-16(17)22)19(28)24-21-23-14(12-29-21)11-26-8-4-5-9-26/h2-3,6-7,10,12H,4-5,8-9,11H2,1H3,(H,23,24,28). The van der Waals surface area contributed by atoms with E-state index in [-0.39, 0.29) is 5.91 Å². The molecule has 1 amide bonds. The molecule has 0 atom stereocenters. The van der Waals surface area contributed by atoms with Crippen LogP contribution >= 0.6 is 34.3 Å². The highest BCUT2D eigenvalue weighted by molar-refractivity contribution is 7.20. The number of thiazole rings is 1. The molecule has 154 valence electrons. The minimum atomic E-state index is -0.150. The maximum atomic E-state index is 12.9. The lowest BCUT2D eigenvalue weighted by Gasteiger charge is -2.11. The number of fused-ring (bicyclic) bond motifs is 1. The summed E-state index contributed by atoms with van der Waals surface area (Å²) in [5.74, 6) is -0.150. The van der Waals surface area contributed by atoms with Crippen LogP contribution < -0.4 is 5.32 Å². The van der Waals surface area contributed by atoms with Crippen LogP contribution in [0.2, 0.25) is 5.02 Å². The molecule has 0 saturated carbocycles. The van der Waals surface area contributed by atoms with Crippen LogP contribution in [0, 0.1) is 6.92 Å². The third kappa shape index (κ3) is 3.76. The Kier molecular flexibility index (Phi) is 5.32. The molecule has 0 aliphatic carbocycles. The number of amides is 1. The minimum absolute atomic E-state index is 0.150. The number of aromatic nitrogens is 3. The summed E-state index contributed by atoms with van der Waals surface area (Å²) < 4.78 is 1.81. The van der Waals surface area contributed by atoms with Crippen molar-refractivity contribution < 1.29 is 4.79 Å². The smallest absolute Gasteiger partial charge is 0.267 e. The van der Waals surface area contributed by atoms with Crippen LogP contribution in [0.15, 0.2) is 35.7 Å². The number of nitrogens with one attached hydrogen (secondary N) is 1. The van der Waals surface area contributed by atoms with E-state index in [1.165, 1.54) is 35.5 Å². The first-order chi connectivity index (χ1) is 14.6. The van der Waals surface area contributed by atoms with Crippen molar-refractivity contribution in [2.24, 2.45) is 0 Å². The first-order valence-electron chi connectivity index (χ1n) is 9.80. The van der Waals surface area contributed by atoms with Crippen molar-refractivity contribution in [1.82, 2.24) is 19.7 Å². The number of nitrogens with zero attached hydrogens (tertiary/aromatic N) is 4. The van der Waals surface area contributed by atoms with E-state index < -0.39 is 0 Å². The zero-order valence-electron chi connectivity index (χ0n) is 16.4. The Morgan fingerprint density at radius 1 is 1.27 bits per heavy atom. The topological polar surface area (TPSA) is 63.1 Å². The van der Waals surface area contributed by atoms with E-state index >= 15 is 0 Å². The van der Waals surface area contributed by atoms with Crippen LogP contribution in [0.3, 0.4) is 0 Å². The Bertz CT molecular complexity index is 1220. The molecule has 0 spiro atoms. The molecule has 1 aliphatic heterocycles. The van der Waals surface area contributed by atoms with Crippen molar-refractivity contribution in [2.45, 2.75) is 26.3 Å². The number of hydrogen-bond donors (Lipinski definition) is 1. The first kappa shape index (κ1) is 19.7. The van der Waals surface area contributed by atoms with Crippen molar-refractivity contribution in [3.63, 3.8) is 0 Å². The van der Waals surface area contributed by atoms with Gasteiger partial charge in [-0.25, -0.2) is 9.67 Å². The summed E-state index contributed by atoms with van der Waals surface area (Å²) in [5, 5.41) is 11.8. The van der Waals surface area contributed by atoms with E-state index in [2.05, 4.69) is 20.3 Å². The number of rotatable bonds is 5. The number of halogens is 1. The number of benzene rings is 1. The predicted molar refractivity (Wildman–Crippen MR) is 123 cm³/mol. The molecule has 9 heteroatoms. The van der Waals surface area contributed by atoms with E-state index in [1.807, 2.05) is 47.3 Å². The second kappa shape index (κ2) is 8.11. The van der Waals surface area contributed by atoms with Crippen LogP contribution in [0.1, 0.15) is 33.9 Å². The van der Waals surface area contributed by atoms with E-state index in [4.69, 9.17) is 11.6 Å². The number of para-hydroxylation sites is 1. The van der Waals surface area contributed by atoms with Gasteiger partial charge < -0.3 is 0 Å². The van der Waals surface area contributed by atoms with Crippen molar-refractivity contribution in [3.05, 3.63) is 57.0 Å². The molecule has 1 aliphatic rings. The maximum absolute atomic E-state index is 12.9. The Morgan fingerprint density at radius 3 is 2.87 bits per heavy atom. The fraction of sp³-hybridized carbons (Fsp3) is 0.286. The number of carbonyl (C=O) groups excluding carboxylic acids is 1. The molecule has 1 aromatic carbocycles. The van der Waals surface area contributed by atoms with Gasteiger partial charge in [-0.05, 0) is 51.1 Å². The van der Waals surface area contributed by atoms with E-state index in [0.29, 0.717) is 15.0 Å². The SMILES string of the molecule is Cc1nn(-c2ccccc2Cl)c2sc(C(=O)Nc3nc(CN4CCCC4)cs3)cc12. The number of likely N-dealkylation sites (tertiary alicyclic amines) is 1. The molecular weight excluding hydrogens is 438 g/mol. The molecule has 0 bridgehead atoms. The van der Waals surface area contributed by atoms with E-state index in [9.17, 15) is 4.79 Å². The highest BCUT2D eigenvalue weighted by Gasteiger charge is 2.19. The zero-order valence-corrected chi connectivity index (χ0v) is 18.8. The van der Waals surface area contributed by atoms with Crippen molar-refractivity contribution in [1.29, 1.82) is 0 Å². The molecule has 3 aromatic heterocycles. The lowest BCUT2D eigenvalue weighted by molar-refractivity contribution is 0.103. The Balaban J connectivity index is 1.37. The average Bonchev–Trinajstić information content (AvgIpc) is 3.50. The number of anilines is 1. The Morgan fingerprint density at radius 2 is 2.07 bits per heavy atom.